The number of nitrogens with two attached hydrogens (primary N) is 1. The van der Waals surface area contributed by atoms with Crippen molar-refractivity contribution in [1.82, 2.24) is 9.55 Å². The molecule has 7 nitrogen and oxygen atoms in total. The summed E-state index contributed by atoms with van der Waals surface area (Å²) in [7, 11) is 0. The van der Waals surface area contributed by atoms with Gasteiger partial charge in [-0.25, -0.2) is 9.18 Å². The molecule has 8 heteroatoms. The normalized spacial score (nSPS) is 35.9. The van der Waals surface area contributed by atoms with Crippen LogP contribution >= 0.6 is 0 Å². The number of ether oxygens (including phenoxy) is 1. The maximum absolute atomic E-state index is 14.1. The van der Waals surface area contributed by atoms with E-state index in [4.69, 9.17) is 15.6 Å². The maximum atomic E-state index is 14.1. The van der Waals surface area contributed by atoms with E-state index in [1.165, 1.54) is 19.2 Å². The molecule has 1 fully saturated rings. The summed E-state index contributed by atoms with van der Waals surface area (Å²) in [5, 5.41) is 18.6. The Labute approximate surface area is 102 Å². The minimum absolute atomic E-state index is 0.00696. The van der Waals surface area contributed by atoms with E-state index in [9.17, 15) is 14.3 Å². The van der Waals surface area contributed by atoms with Gasteiger partial charge in [0, 0.05) is 6.20 Å². The Morgan fingerprint density at radius 2 is 2.39 bits per heavy atom. The molecular formula is C10H14FN3O4. The summed E-state index contributed by atoms with van der Waals surface area (Å²) in [6.07, 6.45) is -3.22. The predicted octanol–water partition coefficient (Wildman–Crippen LogP) is -1.41. The lowest BCUT2D eigenvalue weighted by Gasteiger charge is -2.28. The van der Waals surface area contributed by atoms with E-state index < -0.39 is 36.4 Å². The van der Waals surface area contributed by atoms with Crippen molar-refractivity contribution in [2.45, 2.75) is 31.0 Å². The molecule has 0 amide bonds. The van der Waals surface area contributed by atoms with Gasteiger partial charge in [0.25, 0.3) is 0 Å². The molecule has 4 N–H and O–H groups in total. The summed E-state index contributed by atoms with van der Waals surface area (Å²) in [5.74, 6) is 0.00696. The first-order chi connectivity index (χ1) is 8.40. The molecule has 2 heterocycles. The van der Waals surface area contributed by atoms with Gasteiger partial charge in [-0.2, -0.15) is 4.98 Å². The van der Waals surface area contributed by atoms with Gasteiger partial charge in [0.1, 0.15) is 18.0 Å². The van der Waals surface area contributed by atoms with Crippen molar-refractivity contribution in [3.05, 3.63) is 22.7 Å². The Hall–Kier alpha value is -1.51. The number of aliphatic hydroxyl groups is 2. The van der Waals surface area contributed by atoms with Gasteiger partial charge >= 0.3 is 5.69 Å². The van der Waals surface area contributed by atoms with Crippen LogP contribution in [0.1, 0.15) is 6.92 Å². The van der Waals surface area contributed by atoms with E-state index in [0.717, 1.165) is 4.57 Å². The van der Waals surface area contributed by atoms with Gasteiger partial charge in [-0.3, -0.25) is 4.57 Å². The molecule has 0 aromatic carbocycles. The molecular weight excluding hydrogens is 245 g/mol. The molecule has 1 unspecified atom stereocenters. The number of nitrogens with zero attached hydrogens (tertiary/aromatic N) is 2. The second-order valence-electron chi connectivity index (χ2n) is 4.29. The summed E-state index contributed by atoms with van der Waals surface area (Å²) >= 11 is 0. The van der Waals surface area contributed by atoms with Crippen molar-refractivity contribution in [3.63, 3.8) is 0 Å². The topological polar surface area (TPSA) is 111 Å². The number of halogens is 1. The van der Waals surface area contributed by atoms with Crippen LogP contribution < -0.4 is 11.4 Å². The van der Waals surface area contributed by atoms with Crippen LogP contribution in [0.4, 0.5) is 10.2 Å². The molecule has 0 bridgehead atoms. The van der Waals surface area contributed by atoms with E-state index in [0.29, 0.717) is 0 Å². The maximum Gasteiger partial charge on any atom is 0.351 e. The average molecular weight is 259 g/mol. The smallest absolute Gasteiger partial charge is 0.351 e. The van der Waals surface area contributed by atoms with Crippen LogP contribution in [0.25, 0.3) is 0 Å². The molecule has 2 rings (SSSR count). The highest BCUT2D eigenvalue weighted by atomic mass is 19.1. The average Bonchev–Trinajstić information content (AvgIpc) is 2.54. The second-order valence-corrected chi connectivity index (χ2v) is 4.29. The predicted molar refractivity (Wildman–Crippen MR) is 59.4 cm³/mol. The van der Waals surface area contributed by atoms with Crippen LogP contribution in [0.15, 0.2) is 17.1 Å². The Bertz CT molecular complexity index is 508. The summed E-state index contributed by atoms with van der Waals surface area (Å²) in [6.45, 7) is 0.754. The first-order valence-corrected chi connectivity index (χ1v) is 5.36. The largest absolute Gasteiger partial charge is 0.394 e. The van der Waals surface area contributed by atoms with E-state index in [2.05, 4.69) is 4.98 Å². The monoisotopic (exact) mass is 259 g/mol. The highest BCUT2D eigenvalue weighted by Gasteiger charge is 2.54. The minimum atomic E-state index is -1.86. The van der Waals surface area contributed by atoms with Crippen molar-refractivity contribution in [2.24, 2.45) is 0 Å². The van der Waals surface area contributed by atoms with E-state index >= 15 is 0 Å². The fraction of sp³-hybridized carbons (Fsp3) is 0.600. The number of rotatable bonds is 2. The van der Waals surface area contributed by atoms with E-state index in [1.807, 2.05) is 0 Å². The van der Waals surface area contributed by atoms with Crippen LogP contribution in [0.3, 0.4) is 0 Å². The third-order valence-electron chi connectivity index (χ3n) is 3.07. The zero-order valence-electron chi connectivity index (χ0n) is 9.65. The number of hydrogen-bond acceptors (Lipinski definition) is 6. The second kappa shape index (κ2) is 4.30. The zero-order valence-corrected chi connectivity index (χ0v) is 9.65. The molecule has 0 radical (unpaired) electrons. The molecule has 0 saturated carbocycles. The van der Waals surface area contributed by atoms with Crippen LogP contribution in [0.2, 0.25) is 0 Å². The third-order valence-corrected chi connectivity index (χ3v) is 3.07. The van der Waals surface area contributed by atoms with E-state index in [-0.39, 0.29) is 5.82 Å². The van der Waals surface area contributed by atoms with Gasteiger partial charge < -0.3 is 20.7 Å². The molecule has 0 spiro atoms. The molecule has 1 aromatic rings. The number of anilines is 1. The summed E-state index contributed by atoms with van der Waals surface area (Å²) in [4.78, 5) is 15.1. The Kier molecular flexibility index (Phi) is 3.09. The van der Waals surface area contributed by atoms with Crippen LogP contribution in [-0.4, -0.2) is 44.8 Å². The highest BCUT2D eigenvalue weighted by molar-refractivity contribution is 5.24. The van der Waals surface area contributed by atoms with Crippen molar-refractivity contribution in [1.29, 1.82) is 0 Å². The Morgan fingerprint density at radius 1 is 1.72 bits per heavy atom. The number of alkyl halides is 1. The minimum Gasteiger partial charge on any atom is -0.394 e. The Morgan fingerprint density at radius 3 is 2.89 bits per heavy atom. The van der Waals surface area contributed by atoms with Crippen molar-refractivity contribution in [2.75, 3.05) is 12.3 Å². The first kappa shape index (κ1) is 12.9. The molecule has 0 aliphatic carbocycles. The fourth-order valence-electron chi connectivity index (χ4n) is 2.04. The third kappa shape index (κ3) is 1.78. The van der Waals surface area contributed by atoms with Crippen LogP contribution in [-0.2, 0) is 10.5 Å². The van der Waals surface area contributed by atoms with Crippen molar-refractivity contribution >= 4 is 5.82 Å². The van der Waals surface area contributed by atoms with Crippen molar-refractivity contribution < 1.29 is 19.3 Å². The highest BCUT2D eigenvalue weighted by Crippen LogP contribution is 2.36. The van der Waals surface area contributed by atoms with Gasteiger partial charge in [-0.15, -0.1) is 0 Å². The standard InChI is InChI=1S/C10H14FN3O4/c1-10(8(11)7(16)5(4-15)18-10)14-3-2-6(12)13-9(14)17/h2-3,5,7-8,15-16H,4H2,1H3,(H2,12,13,17)/t5-,7?,8+,10-/m1/s1. The van der Waals surface area contributed by atoms with Gasteiger partial charge in [0.05, 0.1) is 6.61 Å². The summed E-state index contributed by atoms with van der Waals surface area (Å²) < 4.78 is 20.2. The number of hydrogen-bond donors (Lipinski definition) is 3. The fourth-order valence-corrected chi connectivity index (χ4v) is 2.04. The lowest BCUT2D eigenvalue weighted by molar-refractivity contribution is -0.123. The zero-order chi connectivity index (χ0) is 13.5. The van der Waals surface area contributed by atoms with E-state index in [1.54, 1.807) is 0 Å². The molecule has 4 atom stereocenters. The Balaban J connectivity index is 2.46. The van der Waals surface area contributed by atoms with Crippen LogP contribution in [0, 0.1) is 0 Å². The summed E-state index contributed by atoms with van der Waals surface area (Å²) in [6, 6.07) is 1.32. The van der Waals surface area contributed by atoms with Gasteiger partial charge in [0.2, 0.25) is 0 Å². The lowest BCUT2D eigenvalue weighted by Crippen LogP contribution is -2.46. The molecule has 1 aliphatic rings. The molecule has 100 valence electrons. The SMILES string of the molecule is C[C@@]1(n2ccc(N)nc2=O)O[C@H](CO)C(O)[C@@H]1F. The van der Waals surface area contributed by atoms with Gasteiger partial charge in [-0.05, 0) is 13.0 Å². The first-order valence-electron chi connectivity index (χ1n) is 5.36. The van der Waals surface area contributed by atoms with Gasteiger partial charge in [0.15, 0.2) is 11.9 Å². The molecule has 1 aliphatic heterocycles. The number of nitrogen functional groups attached to an aromatic ring is 1. The quantitative estimate of drug-likeness (QED) is 0.601. The van der Waals surface area contributed by atoms with Crippen molar-refractivity contribution in [3.8, 4) is 0 Å². The molecule has 1 saturated heterocycles. The lowest BCUT2D eigenvalue weighted by atomic mass is 10.1. The number of aliphatic hydroxyl groups excluding tert-OH is 2. The van der Waals surface area contributed by atoms with Crippen LogP contribution in [0.5, 0.6) is 0 Å². The molecule has 18 heavy (non-hydrogen) atoms. The van der Waals surface area contributed by atoms with Gasteiger partial charge in [-0.1, -0.05) is 0 Å². The molecule has 1 aromatic heterocycles. The summed E-state index contributed by atoms with van der Waals surface area (Å²) in [5.41, 5.74) is 2.83. The number of aromatic nitrogens is 2.